The molecule has 0 radical (unpaired) electrons. The number of ether oxygens (including phenoxy) is 2. The number of likely N-dealkylation sites (N-methyl/N-ethyl adjacent to an activating group) is 1. The Labute approximate surface area is 127 Å². The maximum absolute atomic E-state index is 6.08. The van der Waals surface area contributed by atoms with Crippen LogP contribution in [0.15, 0.2) is 18.2 Å². The molecule has 1 fully saturated rings. The van der Waals surface area contributed by atoms with Gasteiger partial charge in [-0.25, -0.2) is 0 Å². The predicted octanol–water partition coefficient (Wildman–Crippen LogP) is 1.99. The van der Waals surface area contributed by atoms with Crippen molar-refractivity contribution in [3.8, 4) is 5.75 Å². The van der Waals surface area contributed by atoms with Crippen LogP contribution in [0, 0.1) is 0 Å². The summed E-state index contributed by atoms with van der Waals surface area (Å²) in [5, 5.41) is 3.55. The van der Waals surface area contributed by atoms with Crippen molar-refractivity contribution in [2.24, 2.45) is 0 Å². The first-order valence-electron chi connectivity index (χ1n) is 8.06. The van der Waals surface area contributed by atoms with Crippen LogP contribution in [0.3, 0.4) is 0 Å². The lowest BCUT2D eigenvalue weighted by Gasteiger charge is -2.30. The van der Waals surface area contributed by atoms with E-state index in [0.29, 0.717) is 12.6 Å². The Morgan fingerprint density at radius 3 is 3.14 bits per heavy atom. The van der Waals surface area contributed by atoms with E-state index in [1.54, 1.807) is 0 Å². The van der Waals surface area contributed by atoms with Crippen molar-refractivity contribution in [2.45, 2.75) is 31.9 Å². The largest absolute Gasteiger partial charge is 0.491 e. The SMILES string of the molecule is CCNC1CCc2c(OCC3CN(C)CCO3)cccc21. The van der Waals surface area contributed by atoms with Gasteiger partial charge in [-0.1, -0.05) is 19.1 Å². The highest BCUT2D eigenvalue weighted by Gasteiger charge is 2.25. The second-order valence-electron chi connectivity index (χ2n) is 6.04. The highest BCUT2D eigenvalue weighted by molar-refractivity contribution is 5.45. The summed E-state index contributed by atoms with van der Waals surface area (Å²) >= 11 is 0. The van der Waals surface area contributed by atoms with Crippen molar-refractivity contribution in [2.75, 3.05) is 39.9 Å². The normalized spacial score (nSPS) is 25.8. The number of fused-ring (bicyclic) bond motifs is 1. The van der Waals surface area contributed by atoms with E-state index >= 15 is 0 Å². The summed E-state index contributed by atoms with van der Waals surface area (Å²) in [5.41, 5.74) is 2.80. The lowest BCUT2D eigenvalue weighted by molar-refractivity contribution is -0.0404. The molecule has 1 aromatic carbocycles. The predicted molar refractivity (Wildman–Crippen MR) is 83.9 cm³/mol. The van der Waals surface area contributed by atoms with Crippen molar-refractivity contribution in [3.05, 3.63) is 29.3 Å². The van der Waals surface area contributed by atoms with E-state index in [1.807, 2.05) is 0 Å². The highest BCUT2D eigenvalue weighted by atomic mass is 16.5. The van der Waals surface area contributed by atoms with Crippen LogP contribution < -0.4 is 10.1 Å². The molecule has 0 bridgehead atoms. The minimum atomic E-state index is 0.186. The molecule has 0 aromatic heterocycles. The van der Waals surface area contributed by atoms with Gasteiger partial charge in [0.25, 0.3) is 0 Å². The second kappa shape index (κ2) is 6.77. The van der Waals surface area contributed by atoms with Crippen molar-refractivity contribution in [3.63, 3.8) is 0 Å². The molecule has 2 aliphatic rings. The zero-order valence-corrected chi connectivity index (χ0v) is 13.1. The Balaban J connectivity index is 1.64. The molecule has 0 amide bonds. The van der Waals surface area contributed by atoms with Crippen LogP contribution in [0.4, 0.5) is 0 Å². The molecule has 2 unspecified atom stereocenters. The molecule has 4 nitrogen and oxygen atoms in total. The Kier molecular flexibility index (Phi) is 4.78. The fourth-order valence-electron chi connectivity index (χ4n) is 3.36. The number of hydrogen-bond donors (Lipinski definition) is 1. The summed E-state index contributed by atoms with van der Waals surface area (Å²) in [6.45, 7) is 6.59. The number of rotatable bonds is 5. The standard InChI is InChI=1S/C17H26N2O2/c1-3-18-16-8-7-15-14(16)5-4-6-17(15)21-12-13-11-19(2)9-10-20-13/h4-6,13,16,18H,3,7-12H2,1-2H3. The highest BCUT2D eigenvalue weighted by Crippen LogP contribution is 2.36. The molecule has 1 heterocycles. The molecule has 1 aromatic rings. The number of morpholine rings is 1. The lowest BCUT2D eigenvalue weighted by Crippen LogP contribution is -2.42. The fourth-order valence-corrected chi connectivity index (χ4v) is 3.36. The monoisotopic (exact) mass is 290 g/mol. The first kappa shape index (κ1) is 14.8. The molecule has 3 rings (SSSR count). The molecule has 2 atom stereocenters. The Morgan fingerprint density at radius 1 is 1.43 bits per heavy atom. The van der Waals surface area contributed by atoms with Crippen LogP contribution in [0.2, 0.25) is 0 Å². The maximum Gasteiger partial charge on any atom is 0.122 e. The van der Waals surface area contributed by atoms with Crippen LogP contribution in [-0.2, 0) is 11.2 Å². The third-order valence-electron chi connectivity index (χ3n) is 4.44. The number of benzene rings is 1. The van der Waals surface area contributed by atoms with E-state index in [-0.39, 0.29) is 6.10 Å². The number of hydrogen-bond acceptors (Lipinski definition) is 4. The van der Waals surface area contributed by atoms with E-state index in [4.69, 9.17) is 9.47 Å². The zero-order chi connectivity index (χ0) is 14.7. The first-order chi connectivity index (χ1) is 10.3. The Hall–Kier alpha value is -1.10. The first-order valence-corrected chi connectivity index (χ1v) is 8.06. The van der Waals surface area contributed by atoms with Crippen molar-refractivity contribution < 1.29 is 9.47 Å². The van der Waals surface area contributed by atoms with Gasteiger partial charge in [0.15, 0.2) is 0 Å². The van der Waals surface area contributed by atoms with Crippen LogP contribution in [0.25, 0.3) is 0 Å². The summed E-state index contributed by atoms with van der Waals surface area (Å²) < 4.78 is 11.9. The molecule has 1 aliphatic carbocycles. The summed E-state index contributed by atoms with van der Waals surface area (Å²) in [5.74, 6) is 1.05. The molecule has 0 saturated carbocycles. The van der Waals surface area contributed by atoms with Gasteiger partial charge in [0.05, 0.1) is 6.61 Å². The minimum absolute atomic E-state index is 0.186. The van der Waals surface area contributed by atoms with Crippen LogP contribution >= 0.6 is 0 Å². The van der Waals surface area contributed by atoms with Crippen molar-refractivity contribution >= 4 is 0 Å². The average molecular weight is 290 g/mol. The summed E-state index contributed by atoms with van der Waals surface area (Å²) in [6, 6.07) is 6.93. The average Bonchev–Trinajstić information content (AvgIpc) is 2.90. The van der Waals surface area contributed by atoms with Crippen LogP contribution in [0.5, 0.6) is 5.75 Å². The van der Waals surface area contributed by atoms with Gasteiger partial charge >= 0.3 is 0 Å². The zero-order valence-electron chi connectivity index (χ0n) is 13.1. The third-order valence-corrected chi connectivity index (χ3v) is 4.44. The smallest absolute Gasteiger partial charge is 0.122 e. The molecular formula is C17H26N2O2. The van der Waals surface area contributed by atoms with Gasteiger partial charge in [-0.2, -0.15) is 0 Å². The second-order valence-corrected chi connectivity index (χ2v) is 6.04. The Bertz CT molecular complexity index is 478. The molecule has 21 heavy (non-hydrogen) atoms. The number of nitrogens with zero attached hydrogens (tertiary/aromatic N) is 1. The van der Waals surface area contributed by atoms with E-state index in [9.17, 15) is 0 Å². The fraction of sp³-hybridized carbons (Fsp3) is 0.647. The summed E-state index contributed by atoms with van der Waals surface area (Å²) in [4.78, 5) is 2.30. The van der Waals surface area contributed by atoms with Gasteiger partial charge in [-0.3, -0.25) is 0 Å². The van der Waals surface area contributed by atoms with E-state index in [0.717, 1.165) is 38.4 Å². The lowest BCUT2D eigenvalue weighted by atomic mass is 10.1. The minimum Gasteiger partial charge on any atom is -0.491 e. The molecule has 1 N–H and O–H groups in total. The quantitative estimate of drug-likeness (QED) is 0.899. The Morgan fingerprint density at radius 2 is 2.33 bits per heavy atom. The maximum atomic E-state index is 6.08. The third kappa shape index (κ3) is 3.39. The van der Waals surface area contributed by atoms with E-state index in [1.165, 1.54) is 17.5 Å². The summed E-state index contributed by atoms with van der Waals surface area (Å²) in [6.07, 6.45) is 2.46. The molecule has 1 saturated heterocycles. The van der Waals surface area contributed by atoms with Gasteiger partial charge < -0.3 is 19.7 Å². The molecule has 116 valence electrons. The van der Waals surface area contributed by atoms with Gasteiger partial charge in [0.2, 0.25) is 0 Å². The van der Waals surface area contributed by atoms with Crippen molar-refractivity contribution in [1.29, 1.82) is 0 Å². The topological polar surface area (TPSA) is 33.7 Å². The molecule has 4 heteroatoms. The van der Waals surface area contributed by atoms with E-state index < -0.39 is 0 Å². The van der Waals surface area contributed by atoms with E-state index in [2.05, 4.69) is 42.4 Å². The number of nitrogens with one attached hydrogen (secondary N) is 1. The molecule has 0 spiro atoms. The molecular weight excluding hydrogens is 264 g/mol. The van der Waals surface area contributed by atoms with Gasteiger partial charge in [-0.15, -0.1) is 0 Å². The van der Waals surface area contributed by atoms with Crippen molar-refractivity contribution in [1.82, 2.24) is 10.2 Å². The summed E-state index contributed by atoms with van der Waals surface area (Å²) in [7, 11) is 2.14. The van der Waals surface area contributed by atoms with Gasteiger partial charge in [-0.05, 0) is 43.6 Å². The van der Waals surface area contributed by atoms with Crippen LogP contribution in [-0.4, -0.2) is 50.9 Å². The van der Waals surface area contributed by atoms with Gasteiger partial charge in [0, 0.05) is 19.1 Å². The van der Waals surface area contributed by atoms with Gasteiger partial charge in [0.1, 0.15) is 18.5 Å². The van der Waals surface area contributed by atoms with Crippen LogP contribution in [0.1, 0.15) is 30.5 Å². The molecule has 1 aliphatic heterocycles.